The lowest BCUT2D eigenvalue weighted by atomic mass is 9.70. The smallest absolute Gasteiger partial charge is 0.242 e. The number of unbranched alkanes of at least 4 members (excludes halogenated alkanes) is 1. The van der Waals surface area contributed by atoms with Crippen molar-refractivity contribution in [1.82, 2.24) is 21.3 Å². The van der Waals surface area contributed by atoms with Gasteiger partial charge in [0.1, 0.15) is 6.04 Å². The maximum atomic E-state index is 13.5. The Kier molecular flexibility index (Phi) is 35.2. The summed E-state index contributed by atoms with van der Waals surface area (Å²) in [6.07, 6.45) is 24.0. The van der Waals surface area contributed by atoms with Crippen molar-refractivity contribution in [2.24, 2.45) is 34.5 Å². The Hall–Kier alpha value is -2.80. The fourth-order valence-electron chi connectivity index (χ4n) is 11.1. The molecule has 0 aromatic heterocycles. The van der Waals surface area contributed by atoms with Crippen molar-refractivity contribution in [3.8, 4) is 0 Å². The zero-order valence-corrected chi connectivity index (χ0v) is 48.9. The van der Waals surface area contributed by atoms with Gasteiger partial charge in [-0.3, -0.25) is 19.2 Å². The predicted molar refractivity (Wildman–Crippen MR) is 300 cm³/mol. The number of rotatable bonds is 43. The summed E-state index contributed by atoms with van der Waals surface area (Å²) >= 11 is 0. The van der Waals surface area contributed by atoms with Crippen LogP contribution in [-0.2, 0) is 38.1 Å². The van der Waals surface area contributed by atoms with Crippen LogP contribution in [0.15, 0.2) is 22.3 Å². The zero-order valence-electron chi connectivity index (χ0n) is 48.9. The molecule has 0 heterocycles. The molecule has 2 rings (SSSR count). The summed E-state index contributed by atoms with van der Waals surface area (Å²) in [7, 11) is 0. The summed E-state index contributed by atoms with van der Waals surface area (Å²) in [5.41, 5.74) is 7.29. The average molecular weight is 1030 g/mol. The van der Waals surface area contributed by atoms with Crippen LogP contribution in [0.5, 0.6) is 0 Å². The molecule has 12 heteroatoms. The topological polar surface area (TPSA) is 153 Å². The molecule has 4 unspecified atom stereocenters. The fourth-order valence-corrected chi connectivity index (χ4v) is 11.1. The van der Waals surface area contributed by atoms with E-state index in [1.165, 1.54) is 77.0 Å². The highest BCUT2D eigenvalue weighted by atomic mass is 16.5. The largest absolute Gasteiger partial charge is 0.381 e. The minimum atomic E-state index is -0.629. The fraction of sp³-hybridized carbons (Fsp3) is 0.869. The third-order valence-electron chi connectivity index (χ3n) is 15.9. The molecule has 0 spiro atoms. The SMILES string of the molecule is CCOCCC(=O)NCCCOCCOCCOCCCNC(=O)[C@H](CCCCNC(=O)CC(C)CCCC(C)CCC1=C(C)CCCC1(C)C)NC(=O)CC(C)CCCC(C)CCC1=C(C)CCCC1(C)C. The summed E-state index contributed by atoms with van der Waals surface area (Å²) in [4.78, 5) is 51.5. The van der Waals surface area contributed by atoms with Crippen molar-refractivity contribution in [3.63, 3.8) is 0 Å². The number of hydrogen-bond donors (Lipinski definition) is 4. The maximum absolute atomic E-state index is 13.5. The van der Waals surface area contributed by atoms with E-state index in [1.54, 1.807) is 22.3 Å². The number of ether oxygens (including phenoxy) is 4. The molecule has 4 amide bonds. The molecule has 0 saturated heterocycles. The lowest BCUT2D eigenvalue weighted by Gasteiger charge is -2.35. The molecule has 424 valence electrons. The van der Waals surface area contributed by atoms with E-state index in [0.29, 0.717) is 140 Å². The first-order chi connectivity index (χ1) is 34.8. The zero-order chi connectivity index (χ0) is 53.9. The first-order valence-electron chi connectivity index (χ1n) is 29.6. The summed E-state index contributed by atoms with van der Waals surface area (Å²) in [5.74, 6) is 1.75. The number of carbonyl (C=O) groups excluding carboxylic acids is 4. The van der Waals surface area contributed by atoms with E-state index in [1.807, 2.05) is 6.92 Å². The number of nitrogens with one attached hydrogen (secondary N) is 4. The maximum Gasteiger partial charge on any atom is 0.242 e. The minimum absolute atomic E-state index is 0.00969. The Morgan fingerprint density at radius 2 is 0.945 bits per heavy atom. The van der Waals surface area contributed by atoms with Gasteiger partial charge in [-0.15, -0.1) is 0 Å². The van der Waals surface area contributed by atoms with Crippen LogP contribution in [0.25, 0.3) is 0 Å². The Morgan fingerprint density at radius 3 is 1.45 bits per heavy atom. The number of carbonyl (C=O) groups is 4. The standard InChI is InChI=1S/C61H112N4O8/c1-12-70-40-32-56(66)62-36-19-38-71-41-43-73-44-42-72-39-20-37-64-59(69)55(65-58(68)46-50(5)24-16-22-48(3)29-31-54-52(7)26-18-34-61(54,10)11)27-13-14-35-63-57(67)45-49(4)23-15-21-47(2)28-30-53-51(6)25-17-33-60(53,8)9/h47-50,55H,12-46H2,1-11H3,(H,62,66)(H,63,67)(H,64,69)(H,65,68)/t47?,48?,49?,50?,55-/m0/s1. The van der Waals surface area contributed by atoms with Crippen LogP contribution in [0.4, 0.5) is 0 Å². The number of amides is 4. The van der Waals surface area contributed by atoms with Crippen LogP contribution >= 0.6 is 0 Å². The third-order valence-corrected chi connectivity index (χ3v) is 15.9. The predicted octanol–water partition coefficient (Wildman–Crippen LogP) is 12.5. The lowest BCUT2D eigenvalue weighted by molar-refractivity contribution is -0.129. The van der Waals surface area contributed by atoms with Gasteiger partial charge in [0.15, 0.2) is 0 Å². The quantitative estimate of drug-likeness (QED) is 0.0348. The monoisotopic (exact) mass is 1030 g/mol. The van der Waals surface area contributed by atoms with E-state index in [0.717, 1.165) is 38.5 Å². The van der Waals surface area contributed by atoms with Gasteiger partial charge in [0.2, 0.25) is 23.6 Å². The Labute approximate surface area is 447 Å². The second-order valence-electron chi connectivity index (χ2n) is 23.9. The molecule has 2 aliphatic carbocycles. The summed E-state index contributed by atoms with van der Waals surface area (Å²) < 4.78 is 22.1. The molecule has 2 aliphatic rings. The summed E-state index contributed by atoms with van der Waals surface area (Å²) in [5, 5.41) is 12.1. The van der Waals surface area contributed by atoms with Gasteiger partial charge in [-0.05, 0) is 152 Å². The van der Waals surface area contributed by atoms with Crippen LogP contribution in [0.1, 0.15) is 230 Å². The second-order valence-corrected chi connectivity index (χ2v) is 23.9. The average Bonchev–Trinajstić information content (AvgIpc) is 3.31. The third kappa shape index (κ3) is 31.1. The van der Waals surface area contributed by atoms with Gasteiger partial charge in [-0.1, -0.05) is 116 Å². The van der Waals surface area contributed by atoms with Gasteiger partial charge < -0.3 is 40.2 Å². The molecule has 73 heavy (non-hydrogen) atoms. The number of allylic oxidation sites excluding steroid dienone is 4. The Bertz CT molecular complexity index is 1610. The number of hydrogen-bond acceptors (Lipinski definition) is 8. The normalized spacial score (nSPS) is 17.7. The van der Waals surface area contributed by atoms with E-state index in [4.69, 9.17) is 18.9 Å². The molecule has 0 aromatic carbocycles. The van der Waals surface area contributed by atoms with Gasteiger partial charge in [-0.25, -0.2) is 0 Å². The minimum Gasteiger partial charge on any atom is -0.381 e. The van der Waals surface area contributed by atoms with Gasteiger partial charge in [-0.2, -0.15) is 0 Å². The van der Waals surface area contributed by atoms with E-state index in [9.17, 15) is 19.2 Å². The highest BCUT2D eigenvalue weighted by Crippen LogP contribution is 2.44. The molecule has 0 bridgehead atoms. The van der Waals surface area contributed by atoms with Crippen molar-refractivity contribution < 1.29 is 38.1 Å². The molecule has 0 fully saturated rings. The van der Waals surface area contributed by atoms with Gasteiger partial charge in [0, 0.05) is 58.7 Å². The lowest BCUT2D eigenvalue weighted by Crippen LogP contribution is -2.47. The van der Waals surface area contributed by atoms with Crippen LogP contribution in [-0.4, -0.2) is 102 Å². The Balaban J connectivity index is 1.71. The van der Waals surface area contributed by atoms with Crippen LogP contribution in [0, 0.1) is 34.5 Å². The molecular weight excluding hydrogens is 917 g/mol. The van der Waals surface area contributed by atoms with Gasteiger partial charge >= 0.3 is 0 Å². The van der Waals surface area contributed by atoms with E-state index < -0.39 is 6.04 Å². The second kappa shape index (κ2) is 38.7. The first kappa shape index (κ1) is 66.3. The van der Waals surface area contributed by atoms with E-state index in [2.05, 4.69) is 90.5 Å². The van der Waals surface area contributed by atoms with Crippen molar-refractivity contribution >= 4 is 23.6 Å². The molecule has 0 aliphatic heterocycles. The highest BCUT2D eigenvalue weighted by Gasteiger charge is 2.29. The summed E-state index contributed by atoms with van der Waals surface area (Å²) in [6, 6.07) is -0.629. The van der Waals surface area contributed by atoms with E-state index >= 15 is 0 Å². The summed E-state index contributed by atoms with van der Waals surface area (Å²) in [6.45, 7) is 30.9. The molecule has 4 N–H and O–H groups in total. The van der Waals surface area contributed by atoms with E-state index in [-0.39, 0.29) is 29.5 Å². The van der Waals surface area contributed by atoms with Gasteiger partial charge in [0.05, 0.1) is 33.0 Å². The molecule has 0 aromatic rings. The highest BCUT2D eigenvalue weighted by molar-refractivity contribution is 5.87. The first-order valence-corrected chi connectivity index (χ1v) is 29.6. The molecule has 0 saturated carbocycles. The molecule has 0 radical (unpaired) electrons. The van der Waals surface area contributed by atoms with Crippen LogP contribution in [0.3, 0.4) is 0 Å². The molecule has 12 nitrogen and oxygen atoms in total. The van der Waals surface area contributed by atoms with Gasteiger partial charge in [0.25, 0.3) is 0 Å². The van der Waals surface area contributed by atoms with Crippen molar-refractivity contribution in [2.45, 2.75) is 236 Å². The van der Waals surface area contributed by atoms with Crippen molar-refractivity contribution in [3.05, 3.63) is 22.3 Å². The van der Waals surface area contributed by atoms with Crippen LogP contribution in [0.2, 0.25) is 0 Å². The molecule has 5 atom stereocenters. The van der Waals surface area contributed by atoms with Crippen molar-refractivity contribution in [1.29, 1.82) is 0 Å². The Morgan fingerprint density at radius 1 is 0.493 bits per heavy atom. The van der Waals surface area contributed by atoms with Crippen LogP contribution < -0.4 is 21.3 Å². The molecular formula is C61H112N4O8. The van der Waals surface area contributed by atoms with Crippen molar-refractivity contribution in [2.75, 3.05) is 72.5 Å².